The third-order valence-corrected chi connectivity index (χ3v) is 6.96. The third kappa shape index (κ3) is 15.0. The topological polar surface area (TPSA) is 35.5 Å². The van der Waals surface area contributed by atoms with Crippen LogP contribution in [0.25, 0.3) is 6.08 Å². The molecule has 2 aromatic carbocycles. The normalized spacial score (nSPS) is 11.2. The fraction of sp³-hybridized carbons (Fsp3) is 0.571. The standard InChI is InChI=1S/C35H52O3/c1-3-5-7-8-9-10-11-12-13-14-15-16-17-18-29-38-34-21-19-20-32(30-34)35(36)27-24-31-22-25-33(26-23-31)37-28-6-4-2/h19-27,30H,3-18,28-29H2,1-2H3/b27-24+. The van der Waals surface area contributed by atoms with Crippen molar-refractivity contribution in [2.24, 2.45) is 0 Å². The number of unbranched alkanes of at least 4 members (excludes halogenated alkanes) is 14. The van der Waals surface area contributed by atoms with E-state index in [4.69, 9.17) is 9.47 Å². The van der Waals surface area contributed by atoms with Crippen molar-refractivity contribution in [2.45, 2.75) is 117 Å². The van der Waals surface area contributed by atoms with Gasteiger partial charge in [-0.2, -0.15) is 0 Å². The Morgan fingerprint density at radius 3 is 1.74 bits per heavy atom. The SMILES string of the molecule is CCCCCCCCCCCCCCCCOc1cccc(C(=O)/C=C/c2ccc(OCCCC)cc2)c1. The van der Waals surface area contributed by atoms with Gasteiger partial charge in [-0.15, -0.1) is 0 Å². The van der Waals surface area contributed by atoms with Gasteiger partial charge in [0, 0.05) is 5.56 Å². The Balaban J connectivity index is 1.55. The van der Waals surface area contributed by atoms with Crippen molar-refractivity contribution in [3.8, 4) is 11.5 Å². The minimum Gasteiger partial charge on any atom is -0.494 e. The molecule has 3 heteroatoms. The lowest BCUT2D eigenvalue weighted by atomic mass is 10.0. The van der Waals surface area contributed by atoms with Crippen LogP contribution in [0.1, 0.15) is 133 Å². The molecular weight excluding hydrogens is 468 g/mol. The first-order valence-electron chi connectivity index (χ1n) is 15.4. The molecule has 0 amide bonds. The Hall–Kier alpha value is -2.55. The monoisotopic (exact) mass is 520 g/mol. The van der Waals surface area contributed by atoms with Crippen molar-refractivity contribution >= 4 is 11.9 Å². The Morgan fingerprint density at radius 2 is 1.13 bits per heavy atom. The minimum atomic E-state index is -0.0183. The average molecular weight is 521 g/mol. The predicted molar refractivity (Wildman–Crippen MR) is 162 cm³/mol. The van der Waals surface area contributed by atoms with Crippen molar-refractivity contribution in [1.29, 1.82) is 0 Å². The van der Waals surface area contributed by atoms with E-state index in [9.17, 15) is 4.79 Å². The summed E-state index contributed by atoms with van der Waals surface area (Å²) in [6.07, 6.45) is 24.6. The number of carbonyl (C=O) groups is 1. The van der Waals surface area contributed by atoms with Crippen molar-refractivity contribution in [1.82, 2.24) is 0 Å². The van der Waals surface area contributed by atoms with E-state index in [2.05, 4.69) is 13.8 Å². The molecule has 0 aliphatic heterocycles. The molecule has 0 heterocycles. The number of allylic oxidation sites excluding steroid dienone is 1. The van der Waals surface area contributed by atoms with Crippen LogP contribution in [0, 0.1) is 0 Å². The van der Waals surface area contributed by atoms with Gasteiger partial charge in [0.1, 0.15) is 11.5 Å². The minimum absolute atomic E-state index is 0.0183. The van der Waals surface area contributed by atoms with E-state index >= 15 is 0 Å². The van der Waals surface area contributed by atoms with Crippen LogP contribution < -0.4 is 9.47 Å². The molecule has 0 bridgehead atoms. The van der Waals surface area contributed by atoms with Crippen molar-refractivity contribution in [3.63, 3.8) is 0 Å². The molecule has 0 atom stereocenters. The number of rotatable bonds is 23. The van der Waals surface area contributed by atoms with E-state index in [1.165, 1.54) is 83.5 Å². The molecule has 0 saturated carbocycles. The summed E-state index contributed by atoms with van der Waals surface area (Å²) in [5, 5.41) is 0. The summed E-state index contributed by atoms with van der Waals surface area (Å²) in [4.78, 5) is 12.7. The highest BCUT2D eigenvalue weighted by atomic mass is 16.5. The molecule has 0 N–H and O–H groups in total. The maximum Gasteiger partial charge on any atom is 0.185 e. The maximum absolute atomic E-state index is 12.7. The Bertz CT molecular complexity index is 884. The summed E-state index contributed by atoms with van der Waals surface area (Å²) in [7, 11) is 0. The number of hydrogen-bond donors (Lipinski definition) is 0. The maximum atomic E-state index is 12.7. The van der Waals surface area contributed by atoms with E-state index in [1.807, 2.05) is 54.6 Å². The molecule has 0 radical (unpaired) electrons. The zero-order chi connectivity index (χ0) is 27.1. The lowest BCUT2D eigenvalue weighted by Crippen LogP contribution is -2.00. The molecule has 3 nitrogen and oxygen atoms in total. The third-order valence-electron chi connectivity index (χ3n) is 6.96. The Kier molecular flexibility index (Phi) is 17.8. The van der Waals surface area contributed by atoms with Crippen LogP contribution in [0.5, 0.6) is 11.5 Å². The highest BCUT2D eigenvalue weighted by molar-refractivity contribution is 6.07. The quantitative estimate of drug-likeness (QED) is 0.0830. The van der Waals surface area contributed by atoms with Gasteiger partial charge in [0.15, 0.2) is 5.78 Å². The molecule has 0 unspecified atom stereocenters. The molecule has 210 valence electrons. The summed E-state index contributed by atoms with van der Waals surface area (Å²) < 4.78 is 11.6. The van der Waals surface area contributed by atoms with Gasteiger partial charge in [0.25, 0.3) is 0 Å². The first-order chi connectivity index (χ1) is 18.7. The van der Waals surface area contributed by atoms with Crippen molar-refractivity contribution < 1.29 is 14.3 Å². The predicted octanol–water partition coefficient (Wildman–Crippen LogP) is 10.6. The molecule has 0 aliphatic rings. The van der Waals surface area contributed by atoms with Crippen molar-refractivity contribution in [2.75, 3.05) is 13.2 Å². The van der Waals surface area contributed by atoms with Gasteiger partial charge in [-0.05, 0) is 48.7 Å². The number of ketones is 1. The van der Waals surface area contributed by atoms with E-state index in [1.54, 1.807) is 6.08 Å². The fourth-order valence-corrected chi connectivity index (χ4v) is 4.50. The van der Waals surface area contributed by atoms with Gasteiger partial charge in [-0.1, -0.05) is 134 Å². The zero-order valence-electron chi connectivity index (χ0n) is 24.2. The van der Waals surface area contributed by atoms with E-state index in [0.717, 1.165) is 42.9 Å². The number of ether oxygens (including phenoxy) is 2. The van der Waals surface area contributed by atoms with E-state index in [0.29, 0.717) is 12.2 Å². The first kappa shape index (κ1) is 31.7. The van der Waals surface area contributed by atoms with E-state index < -0.39 is 0 Å². The summed E-state index contributed by atoms with van der Waals surface area (Å²) in [6, 6.07) is 15.4. The highest BCUT2D eigenvalue weighted by Gasteiger charge is 2.04. The zero-order valence-corrected chi connectivity index (χ0v) is 24.2. The largest absolute Gasteiger partial charge is 0.494 e. The van der Waals surface area contributed by atoms with E-state index in [-0.39, 0.29) is 5.78 Å². The second-order valence-corrected chi connectivity index (χ2v) is 10.4. The Labute approximate surface area is 233 Å². The van der Waals surface area contributed by atoms with Crippen LogP contribution in [0.2, 0.25) is 0 Å². The molecule has 0 aliphatic carbocycles. The van der Waals surface area contributed by atoms with Crippen LogP contribution in [0.4, 0.5) is 0 Å². The summed E-state index contributed by atoms with van der Waals surface area (Å²) in [5.41, 5.74) is 1.63. The second kappa shape index (κ2) is 21.4. The lowest BCUT2D eigenvalue weighted by molar-refractivity contribution is 0.104. The first-order valence-corrected chi connectivity index (χ1v) is 15.4. The number of carbonyl (C=O) groups excluding carboxylic acids is 1. The average Bonchev–Trinajstić information content (AvgIpc) is 2.95. The summed E-state index contributed by atoms with van der Waals surface area (Å²) in [5.74, 6) is 1.62. The van der Waals surface area contributed by atoms with Crippen LogP contribution in [-0.2, 0) is 0 Å². The second-order valence-electron chi connectivity index (χ2n) is 10.4. The Morgan fingerprint density at radius 1 is 0.605 bits per heavy atom. The fourth-order valence-electron chi connectivity index (χ4n) is 4.50. The number of benzene rings is 2. The lowest BCUT2D eigenvalue weighted by Gasteiger charge is -2.07. The van der Waals surface area contributed by atoms with Gasteiger partial charge < -0.3 is 9.47 Å². The van der Waals surface area contributed by atoms with Gasteiger partial charge in [-0.25, -0.2) is 0 Å². The molecule has 0 fully saturated rings. The van der Waals surface area contributed by atoms with Crippen LogP contribution in [0.3, 0.4) is 0 Å². The molecule has 0 spiro atoms. The van der Waals surface area contributed by atoms with Crippen LogP contribution in [-0.4, -0.2) is 19.0 Å². The molecule has 0 aromatic heterocycles. The van der Waals surface area contributed by atoms with Gasteiger partial charge in [-0.3, -0.25) is 4.79 Å². The van der Waals surface area contributed by atoms with Gasteiger partial charge >= 0.3 is 0 Å². The van der Waals surface area contributed by atoms with Crippen LogP contribution >= 0.6 is 0 Å². The molecular formula is C35H52O3. The van der Waals surface area contributed by atoms with Crippen LogP contribution in [0.15, 0.2) is 54.6 Å². The smallest absolute Gasteiger partial charge is 0.185 e. The van der Waals surface area contributed by atoms with Crippen molar-refractivity contribution in [3.05, 3.63) is 65.7 Å². The highest BCUT2D eigenvalue weighted by Crippen LogP contribution is 2.18. The molecule has 2 aromatic rings. The summed E-state index contributed by atoms with van der Waals surface area (Å²) >= 11 is 0. The molecule has 2 rings (SSSR count). The van der Waals surface area contributed by atoms with Gasteiger partial charge in [0.05, 0.1) is 13.2 Å². The van der Waals surface area contributed by atoms with Gasteiger partial charge in [0.2, 0.25) is 0 Å². The summed E-state index contributed by atoms with van der Waals surface area (Å²) in [6.45, 7) is 5.87. The molecule has 38 heavy (non-hydrogen) atoms. The molecule has 0 saturated heterocycles. The number of hydrogen-bond acceptors (Lipinski definition) is 3.